The van der Waals surface area contributed by atoms with Crippen molar-refractivity contribution in [3.63, 3.8) is 0 Å². The van der Waals surface area contributed by atoms with Crippen LogP contribution >= 0.6 is 0 Å². The van der Waals surface area contributed by atoms with Crippen LogP contribution in [-0.4, -0.2) is 17.7 Å². The number of hydrogen-bond donors (Lipinski definition) is 1. The van der Waals surface area contributed by atoms with Gasteiger partial charge in [-0.15, -0.1) is 0 Å². The molecule has 1 N–H and O–H groups in total. The van der Waals surface area contributed by atoms with Crippen LogP contribution in [0.1, 0.15) is 12.5 Å². The van der Waals surface area contributed by atoms with Crippen molar-refractivity contribution in [2.75, 3.05) is 6.61 Å². The third-order valence-electron chi connectivity index (χ3n) is 1.99. The normalized spacial score (nSPS) is 11.4. The lowest BCUT2D eigenvalue weighted by Crippen LogP contribution is -2.07. The van der Waals surface area contributed by atoms with Gasteiger partial charge in [-0.05, 0) is 12.5 Å². The molecule has 15 heavy (non-hydrogen) atoms. The second-order valence-corrected chi connectivity index (χ2v) is 3.10. The van der Waals surface area contributed by atoms with Crippen molar-refractivity contribution in [1.82, 2.24) is 0 Å². The SMILES string of the molecule is C/C=C(/COCc1ccccc1)C(=O)O. The van der Waals surface area contributed by atoms with Crippen LogP contribution in [0.25, 0.3) is 0 Å². The van der Waals surface area contributed by atoms with Crippen LogP contribution in [0.4, 0.5) is 0 Å². The summed E-state index contributed by atoms with van der Waals surface area (Å²) < 4.78 is 5.28. The molecule has 0 amide bonds. The summed E-state index contributed by atoms with van der Waals surface area (Å²) in [5, 5.41) is 8.72. The zero-order valence-electron chi connectivity index (χ0n) is 8.64. The molecule has 0 heterocycles. The van der Waals surface area contributed by atoms with E-state index >= 15 is 0 Å². The molecule has 1 rings (SSSR count). The van der Waals surface area contributed by atoms with E-state index in [0.717, 1.165) is 5.56 Å². The molecule has 1 aromatic rings. The summed E-state index contributed by atoms with van der Waals surface area (Å²) in [6.07, 6.45) is 1.55. The van der Waals surface area contributed by atoms with Crippen LogP contribution in [0, 0.1) is 0 Å². The fraction of sp³-hybridized carbons (Fsp3) is 0.250. The minimum atomic E-state index is -0.925. The van der Waals surface area contributed by atoms with Gasteiger partial charge in [0.15, 0.2) is 0 Å². The fourth-order valence-electron chi connectivity index (χ4n) is 1.12. The van der Waals surface area contributed by atoms with Crippen LogP contribution in [0.15, 0.2) is 42.0 Å². The minimum Gasteiger partial charge on any atom is -0.478 e. The molecule has 3 nitrogen and oxygen atoms in total. The van der Waals surface area contributed by atoms with E-state index in [9.17, 15) is 4.79 Å². The Balaban J connectivity index is 2.37. The number of ether oxygens (including phenoxy) is 1. The van der Waals surface area contributed by atoms with E-state index in [1.807, 2.05) is 30.3 Å². The second-order valence-electron chi connectivity index (χ2n) is 3.10. The van der Waals surface area contributed by atoms with Crippen LogP contribution in [0.3, 0.4) is 0 Å². The smallest absolute Gasteiger partial charge is 0.333 e. The molecule has 0 spiro atoms. The number of carboxylic acids is 1. The number of carboxylic acid groups (broad SMARTS) is 1. The molecule has 0 saturated carbocycles. The van der Waals surface area contributed by atoms with Crippen LogP contribution < -0.4 is 0 Å². The average Bonchev–Trinajstić information content (AvgIpc) is 2.25. The van der Waals surface area contributed by atoms with Crippen molar-refractivity contribution in [2.45, 2.75) is 13.5 Å². The minimum absolute atomic E-state index is 0.140. The molecule has 0 radical (unpaired) electrons. The summed E-state index contributed by atoms with van der Waals surface area (Å²) in [6, 6.07) is 9.66. The summed E-state index contributed by atoms with van der Waals surface area (Å²) in [7, 11) is 0. The Labute approximate surface area is 89.0 Å². The highest BCUT2D eigenvalue weighted by Crippen LogP contribution is 2.03. The van der Waals surface area contributed by atoms with Gasteiger partial charge in [0.1, 0.15) is 0 Å². The highest BCUT2D eigenvalue weighted by atomic mass is 16.5. The van der Waals surface area contributed by atoms with Gasteiger partial charge in [-0.25, -0.2) is 4.79 Å². The Morgan fingerprint density at radius 3 is 2.60 bits per heavy atom. The van der Waals surface area contributed by atoms with E-state index in [1.54, 1.807) is 13.0 Å². The molecule has 0 aliphatic carbocycles. The van der Waals surface area contributed by atoms with Gasteiger partial charge in [-0.3, -0.25) is 0 Å². The standard InChI is InChI=1S/C12H14O3/c1-2-11(12(13)14)9-15-8-10-6-4-3-5-7-10/h2-7H,8-9H2,1H3,(H,13,14)/b11-2-. The average molecular weight is 206 g/mol. The lowest BCUT2D eigenvalue weighted by molar-refractivity contribution is -0.133. The first-order chi connectivity index (χ1) is 7.24. The quantitative estimate of drug-likeness (QED) is 0.751. The molecule has 0 aliphatic rings. The van der Waals surface area contributed by atoms with Gasteiger partial charge >= 0.3 is 5.97 Å². The predicted molar refractivity (Wildman–Crippen MR) is 57.5 cm³/mol. The molecule has 1 aromatic carbocycles. The molecule has 0 aromatic heterocycles. The van der Waals surface area contributed by atoms with E-state index in [0.29, 0.717) is 6.61 Å². The number of allylic oxidation sites excluding steroid dienone is 1. The molecule has 0 bridgehead atoms. The Bertz CT molecular complexity index is 341. The number of benzene rings is 1. The lowest BCUT2D eigenvalue weighted by atomic mass is 10.2. The van der Waals surface area contributed by atoms with E-state index in [1.165, 1.54) is 0 Å². The predicted octanol–water partition coefficient (Wildman–Crippen LogP) is 2.23. The zero-order chi connectivity index (χ0) is 11.1. The van der Waals surface area contributed by atoms with Gasteiger partial charge in [0.05, 0.1) is 18.8 Å². The third-order valence-corrected chi connectivity index (χ3v) is 1.99. The Hall–Kier alpha value is -1.61. The molecular formula is C12H14O3. The number of aliphatic carboxylic acids is 1. The maximum atomic E-state index is 10.6. The third kappa shape index (κ3) is 3.95. The van der Waals surface area contributed by atoms with Crippen molar-refractivity contribution in [3.05, 3.63) is 47.5 Å². The van der Waals surface area contributed by atoms with Crippen molar-refractivity contribution >= 4 is 5.97 Å². The van der Waals surface area contributed by atoms with Gasteiger partial charge in [0.25, 0.3) is 0 Å². The lowest BCUT2D eigenvalue weighted by Gasteiger charge is -2.04. The number of hydrogen-bond acceptors (Lipinski definition) is 2. The molecule has 0 aliphatic heterocycles. The molecule has 0 saturated heterocycles. The van der Waals surface area contributed by atoms with Crippen molar-refractivity contribution in [3.8, 4) is 0 Å². The van der Waals surface area contributed by atoms with Crippen LogP contribution in [0.5, 0.6) is 0 Å². The Morgan fingerprint density at radius 1 is 1.40 bits per heavy atom. The zero-order valence-corrected chi connectivity index (χ0v) is 8.64. The first-order valence-electron chi connectivity index (χ1n) is 4.74. The first kappa shape index (κ1) is 11.5. The van der Waals surface area contributed by atoms with Crippen LogP contribution in [0.2, 0.25) is 0 Å². The van der Waals surface area contributed by atoms with Gasteiger partial charge in [-0.1, -0.05) is 36.4 Å². The van der Waals surface area contributed by atoms with Gasteiger partial charge in [0.2, 0.25) is 0 Å². The van der Waals surface area contributed by atoms with E-state index < -0.39 is 5.97 Å². The topological polar surface area (TPSA) is 46.5 Å². The summed E-state index contributed by atoms with van der Waals surface area (Å²) in [4.78, 5) is 10.6. The molecule has 0 unspecified atom stereocenters. The first-order valence-corrected chi connectivity index (χ1v) is 4.74. The fourth-order valence-corrected chi connectivity index (χ4v) is 1.12. The van der Waals surface area contributed by atoms with E-state index in [4.69, 9.17) is 9.84 Å². The molecule has 0 atom stereocenters. The van der Waals surface area contributed by atoms with E-state index in [2.05, 4.69) is 0 Å². The highest BCUT2D eigenvalue weighted by Gasteiger charge is 2.05. The Kier molecular flexibility index (Phi) is 4.57. The largest absolute Gasteiger partial charge is 0.478 e. The van der Waals surface area contributed by atoms with Gasteiger partial charge < -0.3 is 9.84 Å². The summed E-state index contributed by atoms with van der Waals surface area (Å²) in [5.41, 5.74) is 1.32. The van der Waals surface area contributed by atoms with Crippen LogP contribution in [-0.2, 0) is 16.1 Å². The van der Waals surface area contributed by atoms with Crippen molar-refractivity contribution in [1.29, 1.82) is 0 Å². The summed E-state index contributed by atoms with van der Waals surface area (Å²) >= 11 is 0. The summed E-state index contributed by atoms with van der Waals surface area (Å²) in [6.45, 7) is 2.27. The molecule has 3 heteroatoms. The van der Waals surface area contributed by atoms with E-state index in [-0.39, 0.29) is 12.2 Å². The van der Waals surface area contributed by atoms with Gasteiger partial charge in [0, 0.05) is 0 Å². The molecule has 0 fully saturated rings. The monoisotopic (exact) mass is 206 g/mol. The maximum Gasteiger partial charge on any atom is 0.333 e. The van der Waals surface area contributed by atoms with Gasteiger partial charge in [-0.2, -0.15) is 0 Å². The number of carbonyl (C=O) groups is 1. The van der Waals surface area contributed by atoms with Crippen molar-refractivity contribution in [2.24, 2.45) is 0 Å². The molecular weight excluding hydrogens is 192 g/mol. The maximum absolute atomic E-state index is 10.6. The van der Waals surface area contributed by atoms with Crippen molar-refractivity contribution < 1.29 is 14.6 Å². The second kappa shape index (κ2) is 5.98. The summed E-state index contributed by atoms with van der Waals surface area (Å²) in [5.74, 6) is -0.925. The highest BCUT2D eigenvalue weighted by molar-refractivity contribution is 5.86. The molecule has 80 valence electrons. The number of rotatable bonds is 5. The Morgan fingerprint density at radius 2 is 2.07 bits per heavy atom.